The molecule has 0 spiro atoms. The van der Waals surface area contributed by atoms with Gasteiger partial charge in [0.2, 0.25) is 0 Å². The molecule has 2 saturated heterocycles. The van der Waals surface area contributed by atoms with Crippen molar-refractivity contribution in [1.82, 2.24) is 15.1 Å². The van der Waals surface area contributed by atoms with Gasteiger partial charge in [0, 0.05) is 32.7 Å². The smallest absolute Gasteiger partial charge is 0.264 e. The molecule has 1 N–H and O–H groups in total. The molecule has 1 amide bonds. The van der Waals surface area contributed by atoms with Crippen LogP contribution in [0.5, 0.6) is 0 Å². The lowest BCUT2D eigenvalue weighted by atomic mass is 9.97. The zero-order valence-electron chi connectivity index (χ0n) is 12.3. The van der Waals surface area contributed by atoms with Crippen LogP contribution >= 0.6 is 23.7 Å². The van der Waals surface area contributed by atoms with E-state index in [2.05, 4.69) is 10.2 Å². The normalized spacial score (nSPS) is 21.0. The predicted octanol–water partition coefficient (Wildman–Crippen LogP) is 1.93. The molecule has 0 radical (unpaired) electrons. The number of rotatable bonds is 3. The van der Waals surface area contributed by atoms with Gasteiger partial charge in [0.05, 0.1) is 4.88 Å². The highest BCUT2D eigenvalue weighted by atomic mass is 35.5. The largest absolute Gasteiger partial charge is 0.335 e. The second-order valence-electron chi connectivity index (χ2n) is 5.76. The van der Waals surface area contributed by atoms with Gasteiger partial charge < -0.3 is 10.2 Å². The molecule has 0 atom stereocenters. The van der Waals surface area contributed by atoms with Gasteiger partial charge in [-0.2, -0.15) is 0 Å². The zero-order chi connectivity index (χ0) is 13.8. The topological polar surface area (TPSA) is 35.6 Å². The molecule has 118 valence electrons. The molecule has 6 heteroatoms. The molecule has 3 heterocycles. The third-order valence-electron chi connectivity index (χ3n) is 4.37. The van der Waals surface area contributed by atoms with Crippen molar-refractivity contribution in [2.24, 2.45) is 5.92 Å². The van der Waals surface area contributed by atoms with Gasteiger partial charge >= 0.3 is 0 Å². The van der Waals surface area contributed by atoms with E-state index in [1.54, 1.807) is 11.3 Å². The fourth-order valence-electron chi connectivity index (χ4n) is 3.12. The summed E-state index contributed by atoms with van der Waals surface area (Å²) in [5, 5.41) is 5.39. The van der Waals surface area contributed by atoms with Gasteiger partial charge in [0.1, 0.15) is 0 Å². The van der Waals surface area contributed by atoms with Crippen LogP contribution in [-0.2, 0) is 0 Å². The summed E-state index contributed by atoms with van der Waals surface area (Å²) >= 11 is 1.54. The Hall–Kier alpha value is -0.620. The average Bonchev–Trinajstić information content (AvgIpc) is 3.03. The fraction of sp³-hybridized carbons (Fsp3) is 0.667. The predicted molar refractivity (Wildman–Crippen MR) is 89.5 cm³/mol. The monoisotopic (exact) mass is 329 g/mol. The molecule has 21 heavy (non-hydrogen) atoms. The van der Waals surface area contributed by atoms with Crippen LogP contribution < -0.4 is 5.32 Å². The van der Waals surface area contributed by atoms with E-state index in [-0.39, 0.29) is 18.3 Å². The Morgan fingerprint density at radius 2 is 1.95 bits per heavy atom. The lowest BCUT2D eigenvalue weighted by molar-refractivity contribution is 0.0613. The molecular formula is C15H24ClN3OS. The number of amides is 1. The number of thiophene rings is 1. The fourth-order valence-corrected chi connectivity index (χ4v) is 3.81. The summed E-state index contributed by atoms with van der Waals surface area (Å²) in [4.78, 5) is 17.7. The van der Waals surface area contributed by atoms with Crippen molar-refractivity contribution in [3.05, 3.63) is 22.4 Å². The third kappa shape index (κ3) is 4.42. The molecule has 0 saturated carbocycles. The molecule has 3 rings (SSSR count). The Morgan fingerprint density at radius 1 is 1.24 bits per heavy atom. The van der Waals surface area contributed by atoms with E-state index in [0.29, 0.717) is 0 Å². The average molecular weight is 330 g/mol. The quantitative estimate of drug-likeness (QED) is 0.920. The van der Waals surface area contributed by atoms with Crippen LogP contribution in [0, 0.1) is 5.92 Å². The maximum absolute atomic E-state index is 12.3. The lowest BCUT2D eigenvalue weighted by Gasteiger charge is -2.37. The Balaban J connectivity index is 0.00000161. The maximum atomic E-state index is 12.3. The highest BCUT2D eigenvalue weighted by Gasteiger charge is 2.24. The van der Waals surface area contributed by atoms with Gasteiger partial charge in [-0.3, -0.25) is 9.69 Å². The van der Waals surface area contributed by atoms with E-state index in [1.807, 2.05) is 22.4 Å². The molecule has 2 aliphatic rings. The number of carbonyl (C=O) groups excluding carboxylic acids is 1. The van der Waals surface area contributed by atoms with E-state index in [0.717, 1.165) is 37.0 Å². The molecule has 0 bridgehead atoms. The van der Waals surface area contributed by atoms with Crippen molar-refractivity contribution in [2.45, 2.75) is 12.8 Å². The summed E-state index contributed by atoms with van der Waals surface area (Å²) in [5.41, 5.74) is 0. The van der Waals surface area contributed by atoms with E-state index in [9.17, 15) is 4.79 Å². The number of carbonyl (C=O) groups is 1. The molecule has 0 aromatic carbocycles. The molecule has 2 aliphatic heterocycles. The number of nitrogens with zero attached hydrogens (tertiary/aromatic N) is 2. The van der Waals surface area contributed by atoms with Crippen LogP contribution in [0.3, 0.4) is 0 Å². The molecular weight excluding hydrogens is 306 g/mol. The van der Waals surface area contributed by atoms with Crippen molar-refractivity contribution >= 4 is 29.7 Å². The minimum Gasteiger partial charge on any atom is -0.335 e. The Bertz CT molecular complexity index is 426. The first-order chi connectivity index (χ1) is 9.83. The van der Waals surface area contributed by atoms with E-state index in [4.69, 9.17) is 0 Å². The molecule has 1 aromatic heterocycles. The SMILES string of the molecule is Cl.O=C(c1cccs1)N1CCN(CC2CCNCC2)CC1. The molecule has 1 aromatic rings. The van der Waals surface area contributed by atoms with Crippen LogP contribution in [-0.4, -0.2) is 61.5 Å². The van der Waals surface area contributed by atoms with Gasteiger partial charge in [0.15, 0.2) is 0 Å². The first-order valence-corrected chi connectivity index (χ1v) is 8.47. The van der Waals surface area contributed by atoms with Crippen LogP contribution in [0.1, 0.15) is 22.5 Å². The van der Waals surface area contributed by atoms with Crippen LogP contribution in [0.4, 0.5) is 0 Å². The Labute approximate surface area is 136 Å². The first-order valence-electron chi connectivity index (χ1n) is 7.59. The molecule has 0 unspecified atom stereocenters. The highest BCUT2D eigenvalue weighted by molar-refractivity contribution is 7.12. The van der Waals surface area contributed by atoms with Crippen molar-refractivity contribution in [2.75, 3.05) is 45.8 Å². The second-order valence-corrected chi connectivity index (χ2v) is 6.71. The van der Waals surface area contributed by atoms with Gasteiger partial charge in [0.25, 0.3) is 5.91 Å². The number of piperazine rings is 1. The number of hydrogen-bond donors (Lipinski definition) is 1. The van der Waals surface area contributed by atoms with Crippen LogP contribution in [0.25, 0.3) is 0 Å². The van der Waals surface area contributed by atoms with Crippen molar-refractivity contribution in [3.8, 4) is 0 Å². The van der Waals surface area contributed by atoms with E-state index >= 15 is 0 Å². The van der Waals surface area contributed by atoms with Crippen molar-refractivity contribution in [3.63, 3.8) is 0 Å². The van der Waals surface area contributed by atoms with E-state index < -0.39 is 0 Å². The Morgan fingerprint density at radius 3 is 2.57 bits per heavy atom. The summed E-state index contributed by atoms with van der Waals surface area (Å²) in [7, 11) is 0. The second kappa shape index (κ2) is 8.13. The number of hydrogen-bond acceptors (Lipinski definition) is 4. The highest BCUT2D eigenvalue weighted by Crippen LogP contribution is 2.17. The summed E-state index contributed by atoms with van der Waals surface area (Å²) in [5.74, 6) is 1.05. The molecule has 2 fully saturated rings. The van der Waals surface area contributed by atoms with Crippen molar-refractivity contribution < 1.29 is 4.79 Å². The lowest BCUT2D eigenvalue weighted by Crippen LogP contribution is -2.50. The number of nitrogens with one attached hydrogen (secondary N) is 1. The minimum absolute atomic E-state index is 0. The minimum atomic E-state index is 0. The summed E-state index contributed by atoms with van der Waals surface area (Å²) in [6.45, 7) is 7.36. The van der Waals surface area contributed by atoms with Crippen molar-refractivity contribution in [1.29, 1.82) is 0 Å². The van der Waals surface area contributed by atoms with Gasteiger partial charge in [-0.1, -0.05) is 6.07 Å². The summed E-state index contributed by atoms with van der Waals surface area (Å²) < 4.78 is 0. The molecule has 4 nitrogen and oxygen atoms in total. The van der Waals surface area contributed by atoms with Gasteiger partial charge in [-0.05, 0) is 43.3 Å². The zero-order valence-corrected chi connectivity index (χ0v) is 13.9. The maximum Gasteiger partial charge on any atom is 0.264 e. The van der Waals surface area contributed by atoms with Gasteiger partial charge in [-0.25, -0.2) is 0 Å². The van der Waals surface area contributed by atoms with Crippen LogP contribution in [0.2, 0.25) is 0 Å². The Kier molecular flexibility index (Phi) is 6.48. The third-order valence-corrected chi connectivity index (χ3v) is 5.22. The number of halogens is 1. The number of piperidine rings is 1. The first kappa shape index (κ1) is 16.7. The van der Waals surface area contributed by atoms with Gasteiger partial charge in [-0.15, -0.1) is 23.7 Å². The standard InChI is InChI=1S/C15H23N3OS.ClH/c19-15(14-2-1-11-20-14)18-9-7-17(8-10-18)12-13-3-5-16-6-4-13;/h1-2,11,13,16H,3-10,12H2;1H. The molecule has 0 aliphatic carbocycles. The summed E-state index contributed by atoms with van der Waals surface area (Å²) in [6, 6.07) is 3.87. The summed E-state index contributed by atoms with van der Waals surface area (Å²) in [6.07, 6.45) is 2.60. The van der Waals surface area contributed by atoms with Crippen LogP contribution in [0.15, 0.2) is 17.5 Å². The van der Waals surface area contributed by atoms with E-state index in [1.165, 1.54) is 32.5 Å².